The fourth-order valence-electron chi connectivity index (χ4n) is 2.44. The molecule has 2 unspecified atom stereocenters. The lowest BCUT2D eigenvalue weighted by Crippen LogP contribution is -2.44. The molecular weight excluding hydrogens is 188 g/mol. The molecule has 1 saturated carbocycles. The molecule has 88 valence electrons. The van der Waals surface area contributed by atoms with Gasteiger partial charge in [0, 0.05) is 18.5 Å². The molecule has 0 aromatic carbocycles. The van der Waals surface area contributed by atoms with E-state index in [2.05, 4.69) is 26.1 Å². The fraction of sp³-hybridized carbons (Fsp3) is 0.917. The van der Waals surface area contributed by atoms with Crippen LogP contribution < -0.4 is 11.1 Å². The van der Waals surface area contributed by atoms with Crippen molar-refractivity contribution < 1.29 is 4.79 Å². The van der Waals surface area contributed by atoms with Crippen molar-refractivity contribution in [3.8, 4) is 0 Å². The zero-order chi connectivity index (χ0) is 11.5. The van der Waals surface area contributed by atoms with E-state index in [1.54, 1.807) is 0 Å². The van der Waals surface area contributed by atoms with E-state index in [-0.39, 0.29) is 23.3 Å². The summed E-state index contributed by atoms with van der Waals surface area (Å²) in [6.07, 6.45) is 4.27. The zero-order valence-electron chi connectivity index (χ0n) is 10.2. The van der Waals surface area contributed by atoms with E-state index >= 15 is 0 Å². The first kappa shape index (κ1) is 12.5. The van der Waals surface area contributed by atoms with E-state index < -0.39 is 0 Å². The number of nitrogens with one attached hydrogen (secondary N) is 1. The summed E-state index contributed by atoms with van der Waals surface area (Å²) in [5, 5.41) is 3.05. The Hall–Kier alpha value is -0.570. The first-order chi connectivity index (χ1) is 7.01. The highest BCUT2D eigenvalue weighted by Gasteiger charge is 2.39. The zero-order valence-corrected chi connectivity index (χ0v) is 10.2. The van der Waals surface area contributed by atoms with Crippen LogP contribution in [-0.2, 0) is 4.79 Å². The molecule has 15 heavy (non-hydrogen) atoms. The van der Waals surface area contributed by atoms with Crippen molar-refractivity contribution >= 4 is 5.91 Å². The molecule has 1 rings (SSSR count). The summed E-state index contributed by atoms with van der Waals surface area (Å²) in [5.74, 6) is 0.382. The minimum absolute atomic E-state index is 0.147. The van der Waals surface area contributed by atoms with E-state index in [0.717, 1.165) is 19.3 Å². The summed E-state index contributed by atoms with van der Waals surface area (Å²) >= 11 is 0. The van der Waals surface area contributed by atoms with Gasteiger partial charge in [-0.2, -0.15) is 0 Å². The van der Waals surface area contributed by atoms with Crippen molar-refractivity contribution in [1.29, 1.82) is 0 Å². The van der Waals surface area contributed by atoms with Gasteiger partial charge in [0.05, 0.1) is 0 Å². The maximum Gasteiger partial charge on any atom is 0.223 e. The smallest absolute Gasteiger partial charge is 0.223 e. The second kappa shape index (κ2) is 4.97. The van der Waals surface area contributed by atoms with Crippen LogP contribution >= 0.6 is 0 Å². The number of amides is 1. The molecule has 0 aromatic heterocycles. The third-order valence-electron chi connectivity index (χ3n) is 3.70. The van der Waals surface area contributed by atoms with Crippen LogP contribution in [0.3, 0.4) is 0 Å². The van der Waals surface area contributed by atoms with E-state index in [1.807, 2.05) is 0 Å². The van der Waals surface area contributed by atoms with Crippen molar-refractivity contribution in [1.82, 2.24) is 5.32 Å². The summed E-state index contributed by atoms with van der Waals surface area (Å²) in [7, 11) is 0. The summed E-state index contributed by atoms with van der Waals surface area (Å²) in [4.78, 5) is 12.0. The first-order valence-corrected chi connectivity index (χ1v) is 6.01. The predicted octanol–water partition coefficient (Wildman–Crippen LogP) is 1.67. The number of hydrogen-bond donors (Lipinski definition) is 2. The summed E-state index contributed by atoms with van der Waals surface area (Å²) in [6, 6.07) is 0.147. The largest absolute Gasteiger partial charge is 0.352 e. The Morgan fingerprint density at radius 3 is 2.67 bits per heavy atom. The number of hydrogen-bond acceptors (Lipinski definition) is 2. The molecule has 1 fully saturated rings. The standard InChI is InChI=1S/C12H24N2O/c1-4-9(8-13)14-11(15)10-6-5-7-12(10,2)3/h9-10H,4-8,13H2,1-3H3,(H,14,15). The van der Waals surface area contributed by atoms with Gasteiger partial charge in [-0.05, 0) is 24.7 Å². The molecule has 3 N–H and O–H groups in total. The Balaban J connectivity index is 2.53. The highest BCUT2D eigenvalue weighted by molar-refractivity contribution is 5.80. The van der Waals surface area contributed by atoms with Crippen molar-refractivity contribution in [2.24, 2.45) is 17.1 Å². The van der Waals surface area contributed by atoms with Crippen LogP contribution in [0.15, 0.2) is 0 Å². The molecule has 2 atom stereocenters. The van der Waals surface area contributed by atoms with Crippen LogP contribution in [0.2, 0.25) is 0 Å². The average molecular weight is 212 g/mol. The van der Waals surface area contributed by atoms with Gasteiger partial charge in [0.25, 0.3) is 0 Å². The van der Waals surface area contributed by atoms with Crippen LogP contribution in [0.25, 0.3) is 0 Å². The quantitative estimate of drug-likeness (QED) is 0.744. The SMILES string of the molecule is CCC(CN)NC(=O)C1CCCC1(C)C. The predicted molar refractivity (Wildman–Crippen MR) is 62.4 cm³/mol. The summed E-state index contributed by atoms with van der Waals surface area (Å²) in [5.41, 5.74) is 5.75. The maximum atomic E-state index is 12.0. The third kappa shape index (κ3) is 2.94. The van der Waals surface area contributed by atoms with Gasteiger partial charge in [-0.1, -0.05) is 27.2 Å². The number of rotatable bonds is 4. The van der Waals surface area contributed by atoms with Crippen molar-refractivity contribution in [3.63, 3.8) is 0 Å². The maximum absolute atomic E-state index is 12.0. The van der Waals surface area contributed by atoms with Crippen molar-refractivity contribution in [2.75, 3.05) is 6.54 Å². The normalized spacial score (nSPS) is 26.3. The molecule has 0 radical (unpaired) electrons. The Bertz CT molecular complexity index is 222. The van der Waals surface area contributed by atoms with Gasteiger partial charge in [-0.15, -0.1) is 0 Å². The third-order valence-corrected chi connectivity index (χ3v) is 3.70. The molecular formula is C12H24N2O. The van der Waals surface area contributed by atoms with E-state index in [1.165, 1.54) is 6.42 Å². The highest BCUT2D eigenvalue weighted by atomic mass is 16.2. The lowest BCUT2D eigenvalue weighted by molar-refractivity contribution is -0.128. The molecule has 0 spiro atoms. The van der Waals surface area contributed by atoms with Gasteiger partial charge in [0.1, 0.15) is 0 Å². The van der Waals surface area contributed by atoms with Gasteiger partial charge in [-0.3, -0.25) is 4.79 Å². The van der Waals surface area contributed by atoms with E-state index in [9.17, 15) is 4.79 Å². The molecule has 1 aliphatic carbocycles. The molecule has 1 aliphatic rings. The minimum atomic E-state index is 0.147. The average Bonchev–Trinajstić information content (AvgIpc) is 2.54. The van der Waals surface area contributed by atoms with Crippen LogP contribution in [0.1, 0.15) is 46.5 Å². The molecule has 0 aliphatic heterocycles. The van der Waals surface area contributed by atoms with E-state index in [0.29, 0.717) is 6.54 Å². The van der Waals surface area contributed by atoms with E-state index in [4.69, 9.17) is 5.73 Å². The summed E-state index contributed by atoms with van der Waals surface area (Å²) in [6.45, 7) is 6.97. The topological polar surface area (TPSA) is 55.1 Å². The molecule has 0 saturated heterocycles. The summed E-state index contributed by atoms with van der Waals surface area (Å²) < 4.78 is 0. The second-order valence-corrected chi connectivity index (χ2v) is 5.28. The van der Waals surface area contributed by atoms with Crippen LogP contribution in [-0.4, -0.2) is 18.5 Å². The van der Waals surface area contributed by atoms with Gasteiger partial charge >= 0.3 is 0 Å². The Kier molecular flexibility index (Phi) is 4.14. The first-order valence-electron chi connectivity index (χ1n) is 6.01. The highest BCUT2D eigenvalue weighted by Crippen LogP contribution is 2.42. The minimum Gasteiger partial charge on any atom is -0.352 e. The Morgan fingerprint density at radius 1 is 1.60 bits per heavy atom. The molecule has 3 nitrogen and oxygen atoms in total. The van der Waals surface area contributed by atoms with Crippen molar-refractivity contribution in [3.05, 3.63) is 0 Å². The lowest BCUT2D eigenvalue weighted by atomic mass is 9.81. The molecule has 3 heteroatoms. The van der Waals surface area contributed by atoms with Crippen LogP contribution in [0, 0.1) is 11.3 Å². The molecule has 0 aromatic rings. The molecule has 0 bridgehead atoms. The Morgan fingerprint density at radius 2 is 2.27 bits per heavy atom. The fourth-order valence-corrected chi connectivity index (χ4v) is 2.44. The second-order valence-electron chi connectivity index (χ2n) is 5.28. The van der Waals surface area contributed by atoms with Crippen LogP contribution in [0.5, 0.6) is 0 Å². The Labute approximate surface area is 92.8 Å². The lowest BCUT2D eigenvalue weighted by Gasteiger charge is -2.27. The van der Waals surface area contributed by atoms with Gasteiger partial charge in [-0.25, -0.2) is 0 Å². The molecule has 0 heterocycles. The monoisotopic (exact) mass is 212 g/mol. The number of nitrogens with two attached hydrogens (primary N) is 1. The van der Waals surface area contributed by atoms with Gasteiger partial charge in [0.15, 0.2) is 0 Å². The number of carbonyl (C=O) groups is 1. The van der Waals surface area contributed by atoms with Crippen LogP contribution in [0.4, 0.5) is 0 Å². The van der Waals surface area contributed by atoms with Crippen molar-refractivity contribution in [2.45, 2.75) is 52.5 Å². The number of carbonyl (C=O) groups excluding carboxylic acids is 1. The molecule has 1 amide bonds. The van der Waals surface area contributed by atoms with Gasteiger partial charge in [0.2, 0.25) is 5.91 Å². The van der Waals surface area contributed by atoms with Gasteiger partial charge < -0.3 is 11.1 Å².